The Morgan fingerprint density at radius 3 is 2.95 bits per heavy atom. The zero-order valence-electron chi connectivity index (χ0n) is 9.84. The van der Waals surface area contributed by atoms with Crippen LogP contribution in [0.15, 0.2) is 47.2 Å². The van der Waals surface area contributed by atoms with Gasteiger partial charge in [-0.25, -0.2) is 9.18 Å². The van der Waals surface area contributed by atoms with Gasteiger partial charge in [-0.3, -0.25) is 0 Å². The van der Waals surface area contributed by atoms with Gasteiger partial charge in [0.15, 0.2) is 0 Å². The van der Waals surface area contributed by atoms with E-state index in [0.717, 1.165) is 10.9 Å². The van der Waals surface area contributed by atoms with Crippen LogP contribution in [0.2, 0.25) is 0 Å². The maximum atomic E-state index is 13.1. The fourth-order valence-corrected chi connectivity index (χ4v) is 2.14. The molecule has 2 aromatic heterocycles. The van der Waals surface area contributed by atoms with Gasteiger partial charge >= 0.3 is 5.97 Å². The average molecular weight is 259 g/mol. The molecule has 0 bridgehead atoms. The van der Waals surface area contributed by atoms with Crippen molar-refractivity contribution in [1.82, 2.24) is 4.57 Å². The van der Waals surface area contributed by atoms with Crippen molar-refractivity contribution in [3.63, 3.8) is 0 Å². The predicted octanol–water partition coefficient (Wildman–Crippen LogP) is 3.12. The second-order valence-electron chi connectivity index (χ2n) is 4.23. The summed E-state index contributed by atoms with van der Waals surface area (Å²) in [6.07, 6.45) is 3.15. The zero-order chi connectivity index (χ0) is 13.4. The number of rotatable bonds is 3. The monoisotopic (exact) mass is 259 g/mol. The molecule has 3 rings (SSSR count). The van der Waals surface area contributed by atoms with Crippen molar-refractivity contribution >= 4 is 16.9 Å². The lowest BCUT2D eigenvalue weighted by atomic mass is 10.2. The van der Waals surface area contributed by atoms with Crippen molar-refractivity contribution in [2.24, 2.45) is 0 Å². The molecule has 1 N–H and O–H groups in total. The number of carboxylic acid groups (broad SMARTS) is 1. The van der Waals surface area contributed by atoms with Crippen molar-refractivity contribution in [3.05, 3.63) is 59.9 Å². The summed E-state index contributed by atoms with van der Waals surface area (Å²) < 4.78 is 19.9. The lowest BCUT2D eigenvalue weighted by Crippen LogP contribution is -2.03. The Labute approximate surface area is 107 Å². The molecule has 0 saturated heterocycles. The largest absolute Gasteiger partial charge is 0.475 e. The molecule has 0 radical (unpaired) electrons. The topological polar surface area (TPSA) is 55.4 Å². The molecule has 0 spiro atoms. The zero-order valence-corrected chi connectivity index (χ0v) is 9.84. The molecule has 0 aliphatic heterocycles. The molecule has 0 saturated carbocycles. The highest BCUT2D eigenvalue weighted by Gasteiger charge is 2.14. The summed E-state index contributed by atoms with van der Waals surface area (Å²) in [7, 11) is 0. The number of nitrogens with zero attached hydrogens (tertiary/aromatic N) is 1. The first-order chi connectivity index (χ1) is 9.15. The summed E-state index contributed by atoms with van der Waals surface area (Å²) in [6, 6.07) is 7.91. The van der Waals surface area contributed by atoms with E-state index in [2.05, 4.69) is 0 Å². The number of aromatic carboxylic acids is 1. The normalized spacial score (nSPS) is 11.0. The van der Waals surface area contributed by atoms with E-state index in [1.165, 1.54) is 18.4 Å². The molecule has 0 amide bonds. The molecular formula is C14H10FNO3. The summed E-state index contributed by atoms with van der Waals surface area (Å²) in [5.41, 5.74) is 1.42. The predicted molar refractivity (Wildman–Crippen MR) is 66.7 cm³/mol. The lowest BCUT2D eigenvalue weighted by molar-refractivity contribution is 0.0660. The van der Waals surface area contributed by atoms with Gasteiger partial charge < -0.3 is 14.1 Å². The maximum Gasteiger partial charge on any atom is 0.372 e. The van der Waals surface area contributed by atoms with Crippen LogP contribution in [0.25, 0.3) is 10.9 Å². The average Bonchev–Trinajstić information content (AvgIpc) is 2.97. The third-order valence-corrected chi connectivity index (χ3v) is 3.01. The van der Waals surface area contributed by atoms with Gasteiger partial charge in [0.1, 0.15) is 5.82 Å². The van der Waals surface area contributed by atoms with Crippen LogP contribution >= 0.6 is 0 Å². The summed E-state index contributed by atoms with van der Waals surface area (Å²) in [6.45, 7) is 0.368. The molecule has 0 atom stereocenters. The fraction of sp³-hybridized carbons (Fsp3) is 0.0714. The second kappa shape index (κ2) is 4.28. The molecule has 0 unspecified atom stereocenters. The van der Waals surface area contributed by atoms with Gasteiger partial charge in [0.05, 0.1) is 12.8 Å². The van der Waals surface area contributed by atoms with E-state index in [-0.39, 0.29) is 11.6 Å². The minimum atomic E-state index is -1.09. The van der Waals surface area contributed by atoms with Gasteiger partial charge in [0.2, 0.25) is 5.76 Å². The van der Waals surface area contributed by atoms with Crippen LogP contribution < -0.4 is 0 Å². The SMILES string of the molecule is O=C(O)c1occc1Cn1ccc2cc(F)ccc21. The Morgan fingerprint density at radius 1 is 1.32 bits per heavy atom. The van der Waals surface area contributed by atoms with Crippen LogP contribution in [0, 0.1) is 5.82 Å². The molecule has 96 valence electrons. The van der Waals surface area contributed by atoms with Gasteiger partial charge in [0.25, 0.3) is 0 Å². The first kappa shape index (κ1) is 11.5. The number of carbonyl (C=O) groups is 1. The van der Waals surface area contributed by atoms with Gasteiger partial charge in [-0.1, -0.05) is 0 Å². The van der Waals surface area contributed by atoms with E-state index in [4.69, 9.17) is 9.52 Å². The fourth-order valence-electron chi connectivity index (χ4n) is 2.14. The van der Waals surface area contributed by atoms with Gasteiger partial charge in [-0.15, -0.1) is 0 Å². The highest BCUT2D eigenvalue weighted by Crippen LogP contribution is 2.20. The highest BCUT2D eigenvalue weighted by molar-refractivity contribution is 5.86. The summed E-state index contributed by atoms with van der Waals surface area (Å²) in [4.78, 5) is 11.0. The standard InChI is InChI=1S/C14H10FNO3/c15-11-1-2-12-9(7-11)3-5-16(12)8-10-4-6-19-13(10)14(17)18/h1-7H,8H2,(H,17,18). The van der Waals surface area contributed by atoms with Crippen LogP contribution in [-0.2, 0) is 6.54 Å². The van der Waals surface area contributed by atoms with E-state index in [0.29, 0.717) is 12.1 Å². The summed E-state index contributed by atoms with van der Waals surface area (Å²) in [5.74, 6) is -1.45. The third-order valence-electron chi connectivity index (χ3n) is 3.01. The molecule has 5 heteroatoms. The molecule has 0 fully saturated rings. The van der Waals surface area contributed by atoms with Crippen molar-refractivity contribution in [2.75, 3.05) is 0 Å². The minimum Gasteiger partial charge on any atom is -0.475 e. The molecule has 4 nitrogen and oxygen atoms in total. The van der Waals surface area contributed by atoms with Crippen LogP contribution in [-0.4, -0.2) is 15.6 Å². The van der Waals surface area contributed by atoms with Crippen molar-refractivity contribution in [1.29, 1.82) is 0 Å². The number of hydrogen-bond acceptors (Lipinski definition) is 2. The van der Waals surface area contributed by atoms with E-state index >= 15 is 0 Å². The summed E-state index contributed by atoms with van der Waals surface area (Å²) in [5, 5.41) is 9.76. The smallest absolute Gasteiger partial charge is 0.372 e. The molecule has 3 aromatic rings. The van der Waals surface area contributed by atoms with E-state index < -0.39 is 5.97 Å². The van der Waals surface area contributed by atoms with E-state index in [1.54, 1.807) is 24.4 Å². The number of carboxylic acids is 1. The van der Waals surface area contributed by atoms with Crippen molar-refractivity contribution < 1.29 is 18.7 Å². The Hall–Kier alpha value is -2.56. The number of benzene rings is 1. The highest BCUT2D eigenvalue weighted by atomic mass is 19.1. The van der Waals surface area contributed by atoms with Gasteiger partial charge in [-0.05, 0) is 30.3 Å². The Bertz CT molecular complexity index is 757. The summed E-state index contributed by atoms with van der Waals surface area (Å²) >= 11 is 0. The van der Waals surface area contributed by atoms with E-state index in [9.17, 15) is 9.18 Å². The number of fused-ring (bicyclic) bond motifs is 1. The van der Waals surface area contributed by atoms with Crippen LogP contribution in [0.5, 0.6) is 0 Å². The number of aromatic nitrogens is 1. The minimum absolute atomic E-state index is 0.0658. The van der Waals surface area contributed by atoms with Crippen LogP contribution in [0.3, 0.4) is 0 Å². The Balaban J connectivity index is 2.01. The lowest BCUT2D eigenvalue weighted by Gasteiger charge is -2.04. The molecule has 0 aliphatic carbocycles. The molecule has 19 heavy (non-hydrogen) atoms. The van der Waals surface area contributed by atoms with Crippen LogP contribution in [0.1, 0.15) is 16.1 Å². The Morgan fingerprint density at radius 2 is 2.16 bits per heavy atom. The molecule has 1 aromatic carbocycles. The quantitative estimate of drug-likeness (QED) is 0.786. The third kappa shape index (κ3) is 1.99. The van der Waals surface area contributed by atoms with Gasteiger partial charge in [0, 0.05) is 22.7 Å². The number of furan rings is 1. The molecule has 2 heterocycles. The number of hydrogen-bond donors (Lipinski definition) is 1. The van der Waals surface area contributed by atoms with Crippen LogP contribution in [0.4, 0.5) is 4.39 Å². The maximum absolute atomic E-state index is 13.1. The number of halogens is 1. The molecular weight excluding hydrogens is 249 g/mol. The van der Waals surface area contributed by atoms with E-state index in [1.807, 2.05) is 4.57 Å². The Kier molecular flexibility index (Phi) is 2.59. The first-order valence-corrected chi connectivity index (χ1v) is 5.69. The molecule has 0 aliphatic rings. The van der Waals surface area contributed by atoms with Gasteiger partial charge in [-0.2, -0.15) is 0 Å². The van der Waals surface area contributed by atoms with Crippen molar-refractivity contribution in [3.8, 4) is 0 Å². The second-order valence-corrected chi connectivity index (χ2v) is 4.23. The van der Waals surface area contributed by atoms with Crippen molar-refractivity contribution in [2.45, 2.75) is 6.54 Å². The first-order valence-electron chi connectivity index (χ1n) is 5.69.